The monoisotopic (exact) mass is 523 g/mol. The summed E-state index contributed by atoms with van der Waals surface area (Å²) >= 11 is 0. The highest BCUT2D eigenvalue weighted by atomic mass is 19.2. The van der Waals surface area contributed by atoms with Crippen LogP contribution < -0.4 is 0 Å². The van der Waals surface area contributed by atoms with Crippen LogP contribution in [0.1, 0.15) is 60.8 Å². The molecule has 0 unspecified atom stereocenters. The Balaban J connectivity index is 1.31. The minimum absolute atomic E-state index is 0.237. The average Bonchev–Trinajstić information content (AvgIpc) is 3.25. The van der Waals surface area contributed by atoms with Gasteiger partial charge >= 0.3 is 0 Å². The van der Waals surface area contributed by atoms with Gasteiger partial charge in [-0.05, 0) is 56.0 Å². The van der Waals surface area contributed by atoms with Crippen molar-refractivity contribution in [1.29, 1.82) is 0 Å². The first kappa shape index (κ1) is 26.3. The summed E-state index contributed by atoms with van der Waals surface area (Å²) in [4.78, 5) is 29.7. The van der Waals surface area contributed by atoms with Gasteiger partial charge in [-0.3, -0.25) is 14.7 Å². The molecular weight excluding hydrogens is 492 g/mol. The summed E-state index contributed by atoms with van der Waals surface area (Å²) in [5.74, 6) is -2.40. The van der Waals surface area contributed by atoms with Crippen LogP contribution in [0, 0.1) is 11.6 Å². The molecule has 1 fully saturated rings. The SMILES string of the molecule is CN(C(=O)C(C)(C)O)[C@@H](c1ccc(F)c(F)c1)c1ncc(CN2CCC3(CC2)OCc2ccncc23)cn1. The van der Waals surface area contributed by atoms with E-state index in [2.05, 4.69) is 19.9 Å². The number of hydrogen-bond acceptors (Lipinski definition) is 7. The molecule has 0 radical (unpaired) electrons. The molecule has 5 rings (SSSR count). The van der Waals surface area contributed by atoms with E-state index in [1.807, 2.05) is 12.3 Å². The van der Waals surface area contributed by atoms with Gasteiger partial charge in [-0.2, -0.15) is 0 Å². The summed E-state index contributed by atoms with van der Waals surface area (Å²) in [5, 5.41) is 10.3. The normalized spacial score (nSPS) is 17.8. The van der Waals surface area contributed by atoms with E-state index in [1.165, 1.54) is 43.0 Å². The van der Waals surface area contributed by atoms with Gasteiger partial charge in [0.2, 0.25) is 0 Å². The number of carbonyl (C=O) groups excluding carboxylic acids is 1. The van der Waals surface area contributed by atoms with Crippen molar-refractivity contribution in [2.24, 2.45) is 0 Å². The first-order valence-corrected chi connectivity index (χ1v) is 12.6. The maximum Gasteiger partial charge on any atom is 0.254 e. The van der Waals surface area contributed by atoms with E-state index in [1.54, 1.807) is 18.6 Å². The summed E-state index contributed by atoms with van der Waals surface area (Å²) in [7, 11) is 1.48. The molecule has 1 aromatic carbocycles. The number of fused-ring (bicyclic) bond motifs is 2. The second-order valence-corrected chi connectivity index (χ2v) is 10.6. The second-order valence-electron chi connectivity index (χ2n) is 10.6. The highest BCUT2D eigenvalue weighted by Crippen LogP contribution is 2.43. The number of likely N-dealkylation sites (N-methyl/N-ethyl adjacent to an activating group) is 1. The number of benzene rings is 1. The van der Waals surface area contributed by atoms with E-state index in [0.29, 0.717) is 18.7 Å². The van der Waals surface area contributed by atoms with Crippen molar-refractivity contribution >= 4 is 5.91 Å². The van der Waals surface area contributed by atoms with Crippen LogP contribution in [0.3, 0.4) is 0 Å². The summed E-state index contributed by atoms with van der Waals surface area (Å²) in [5.41, 5.74) is 1.65. The van der Waals surface area contributed by atoms with E-state index in [0.717, 1.165) is 43.6 Å². The van der Waals surface area contributed by atoms with Crippen LogP contribution in [0.4, 0.5) is 8.78 Å². The fourth-order valence-corrected chi connectivity index (χ4v) is 5.36. The van der Waals surface area contributed by atoms with Crippen molar-refractivity contribution in [2.75, 3.05) is 20.1 Å². The van der Waals surface area contributed by atoms with Gasteiger partial charge in [-0.1, -0.05) is 6.07 Å². The largest absolute Gasteiger partial charge is 0.381 e. The number of aromatic nitrogens is 3. The van der Waals surface area contributed by atoms with Gasteiger partial charge in [0.1, 0.15) is 11.6 Å². The van der Waals surface area contributed by atoms with Crippen LogP contribution in [0.15, 0.2) is 49.1 Å². The molecular formula is C28H31F2N5O3. The van der Waals surface area contributed by atoms with Gasteiger partial charge in [-0.15, -0.1) is 0 Å². The number of amides is 1. The number of likely N-dealkylation sites (tertiary alicyclic amines) is 1. The third kappa shape index (κ3) is 5.03. The maximum absolute atomic E-state index is 14.1. The third-order valence-electron chi connectivity index (χ3n) is 7.44. The molecule has 1 saturated heterocycles. The maximum atomic E-state index is 14.1. The third-order valence-corrected chi connectivity index (χ3v) is 7.44. The molecule has 4 heterocycles. The van der Waals surface area contributed by atoms with Crippen molar-refractivity contribution in [2.45, 2.75) is 57.1 Å². The van der Waals surface area contributed by atoms with Gasteiger partial charge in [0.25, 0.3) is 5.91 Å². The van der Waals surface area contributed by atoms with E-state index in [9.17, 15) is 18.7 Å². The van der Waals surface area contributed by atoms with Crippen molar-refractivity contribution in [3.63, 3.8) is 0 Å². The Kier molecular flexibility index (Phi) is 6.97. The number of carbonyl (C=O) groups is 1. The summed E-state index contributed by atoms with van der Waals surface area (Å²) < 4.78 is 33.9. The van der Waals surface area contributed by atoms with Crippen LogP contribution in [0.2, 0.25) is 0 Å². The van der Waals surface area contributed by atoms with E-state index >= 15 is 0 Å². The van der Waals surface area contributed by atoms with E-state index in [4.69, 9.17) is 4.74 Å². The molecule has 0 saturated carbocycles. The molecule has 3 aromatic rings. The molecule has 1 atom stereocenters. The van der Waals surface area contributed by atoms with Gasteiger partial charge in [0.05, 0.1) is 12.2 Å². The van der Waals surface area contributed by atoms with E-state index < -0.39 is 29.2 Å². The fraction of sp³-hybridized carbons (Fsp3) is 0.429. The van der Waals surface area contributed by atoms with Crippen molar-refractivity contribution < 1.29 is 23.4 Å². The summed E-state index contributed by atoms with van der Waals surface area (Å²) in [6.45, 7) is 5.69. The topological polar surface area (TPSA) is 91.7 Å². The van der Waals surface area contributed by atoms with Crippen molar-refractivity contribution in [1.82, 2.24) is 24.8 Å². The molecule has 2 aromatic heterocycles. The van der Waals surface area contributed by atoms with E-state index in [-0.39, 0.29) is 11.4 Å². The number of hydrogen-bond donors (Lipinski definition) is 1. The van der Waals surface area contributed by atoms with Crippen LogP contribution in [0.5, 0.6) is 0 Å². The molecule has 38 heavy (non-hydrogen) atoms. The van der Waals surface area contributed by atoms with Crippen LogP contribution in [-0.4, -0.2) is 61.5 Å². The zero-order valence-electron chi connectivity index (χ0n) is 21.7. The second kappa shape index (κ2) is 10.1. The highest BCUT2D eigenvalue weighted by Gasteiger charge is 2.42. The number of piperidine rings is 1. The zero-order valence-corrected chi connectivity index (χ0v) is 21.7. The predicted molar refractivity (Wildman–Crippen MR) is 135 cm³/mol. The Morgan fingerprint density at radius 3 is 2.53 bits per heavy atom. The lowest BCUT2D eigenvalue weighted by Crippen LogP contribution is -2.45. The number of rotatable bonds is 6. The van der Waals surface area contributed by atoms with Gasteiger partial charge in [-0.25, -0.2) is 18.7 Å². The van der Waals surface area contributed by atoms with Gasteiger partial charge in [0.15, 0.2) is 17.5 Å². The minimum Gasteiger partial charge on any atom is -0.381 e. The number of aliphatic hydroxyl groups is 1. The molecule has 2 aliphatic rings. The van der Waals surface area contributed by atoms with Crippen molar-refractivity contribution in [3.8, 4) is 0 Å². The molecule has 200 valence electrons. The molecule has 8 nitrogen and oxygen atoms in total. The Morgan fingerprint density at radius 1 is 1.16 bits per heavy atom. The van der Waals surface area contributed by atoms with Gasteiger partial charge in [0, 0.05) is 62.6 Å². The quantitative estimate of drug-likeness (QED) is 0.529. The highest BCUT2D eigenvalue weighted by molar-refractivity contribution is 5.84. The lowest BCUT2D eigenvalue weighted by atomic mass is 9.84. The average molecular weight is 524 g/mol. The zero-order chi connectivity index (χ0) is 27.1. The standard InChI is InChI=1S/C28H31F2N5O3/c1-27(2,37)26(36)34(3)24(19-4-5-22(29)23(30)12-19)25-32-13-18(14-33-25)16-35-10-7-28(8-11-35)21-15-31-9-6-20(21)17-38-28/h4-6,9,12-15,24,37H,7-8,10-11,16-17H2,1-3H3/t24-/m0/s1. The molecule has 0 bridgehead atoms. The summed E-state index contributed by atoms with van der Waals surface area (Å²) in [6, 6.07) is 4.52. The Bertz CT molecular complexity index is 1320. The Labute approximate surface area is 220 Å². The van der Waals surface area contributed by atoms with Crippen molar-refractivity contribution in [3.05, 3.63) is 88.8 Å². The molecule has 2 aliphatic heterocycles. The number of halogens is 2. The van der Waals surface area contributed by atoms with Crippen LogP contribution >= 0.6 is 0 Å². The van der Waals surface area contributed by atoms with Gasteiger partial charge < -0.3 is 14.7 Å². The predicted octanol–water partition coefficient (Wildman–Crippen LogP) is 3.49. The Morgan fingerprint density at radius 2 is 1.87 bits per heavy atom. The lowest BCUT2D eigenvalue weighted by molar-refractivity contribution is -0.148. The lowest BCUT2D eigenvalue weighted by Gasteiger charge is -2.39. The Hall–Kier alpha value is -3.34. The molecule has 1 N–H and O–H groups in total. The summed E-state index contributed by atoms with van der Waals surface area (Å²) in [6.07, 6.45) is 8.84. The molecule has 1 spiro atoms. The van der Waals surface area contributed by atoms with Crippen LogP contribution in [0.25, 0.3) is 0 Å². The molecule has 0 aliphatic carbocycles. The van der Waals surface area contributed by atoms with Crippen LogP contribution in [-0.2, 0) is 28.3 Å². The number of nitrogens with zero attached hydrogens (tertiary/aromatic N) is 5. The first-order valence-electron chi connectivity index (χ1n) is 12.6. The first-order chi connectivity index (χ1) is 18.1. The minimum atomic E-state index is -1.67. The molecule has 1 amide bonds. The number of pyridine rings is 1. The fourth-order valence-electron chi connectivity index (χ4n) is 5.36. The smallest absolute Gasteiger partial charge is 0.254 e. The molecule has 10 heteroatoms. The number of ether oxygens (including phenoxy) is 1.